The van der Waals surface area contributed by atoms with Gasteiger partial charge in [0.1, 0.15) is 12.6 Å². The standard InChI is InChI=1S/C18H25NO4/c1-12-8-13(2)10-15(9-12)16(17(20)21)19-18(22)23-11-14-6-4-3-5-7-14/h3-7,12-13,15-16H,8-11H2,1-2H3,(H,19,22)(H,20,21). The molecule has 0 aliphatic heterocycles. The summed E-state index contributed by atoms with van der Waals surface area (Å²) in [6, 6.07) is 8.43. The molecule has 1 amide bonds. The fourth-order valence-corrected chi connectivity index (χ4v) is 3.55. The second-order valence-electron chi connectivity index (χ2n) is 6.70. The van der Waals surface area contributed by atoms with Gasteiger partial charge in [0.25, 0.3) is 0 Å². The molecule has 0 aromatic heterocycles. The molecule has 1 aliphatic carbocycles. The highest BCUT2D eigenvalue weighted by Gasteiger charge is 2.35. The Labute approximate surface area is 137 Å². The molecule has 0 heterocycles. The Morgan fingerprint density at radius 1 is 1.17 bits per heavy atom. The molecular weight excluding hydrogens is 294 g/mol. The lowest BCUT2D eigenvalue weighted by molar-refractivity contribution is -0.141. The Bertz CT molecular complexity index is 521. The van der Waals surface area contributed by atoms with E-state index in [2.05, 4.69) is 19.2 Å². The van der Waals surface area contributed by atoms with Crippen LogP contribution < -0.4 is 5.32 Å². The van der Waals surface area contributed by atoms with Crippen LogP contribution in [0.15, 0.2) is 30.3 Å². The highest BCUT2D eigenvalue weighted by atomic mass is 16.5. The van der Waals surface area contributed by atoms with E-state index in [1.54, 1.807) is 0 Å². The van der Waals surface area contributed by atoms with Crippen molar-refractivity contribution in [3.8, 4) is 0 Å². The van der Waals surface area contributed by atoms with Crippen LogP contribution in [0.1, 0.15) is 38.7 Å². The van der Waals surface area contributed by atoms with Crippen molar-refractivity contribution in [2.24, 2.45) is 17.8 Å². The fraction of sp³-hybridized carbons (Fsp3) is 0.556. The quantitative estimate of drug-likeness (QED) is 0.871. The van der Waals surface area contributed by atoms with E-state index in [4.69, 9.17) is 4.74 Å². The molecule has 1 aromatic rings. The first-order valence-corrected chi connectivity index (χ1v) is 8.15. The van der Waals surface area contributed by atoms with Gasteiger partial charge in [-0.15, -0.1) is 0 Å². The van der Waals surface area contributed by atoms with Crippen LogP contribution in [0, 0.1) is 17.8 Å². The Kier molecular flexibility index (Phi) is 6.02. The van der Waals surface area contributed by atoms with Crippen molar-refractivity contribution >= 4 is 12.1 Å². The minimum atomic E-state index is -0.993. The number of carbonyl (C=O) groups excluding carboxylic acids is 1. The Morgan fingerprint density at radius 2 is 1.78 bits per heavy atom. The van der Waals surface area contributed by atoms with Gasteiger partial charge in [-0.05, 0) is 42.6 Å². The van der Waals surface area contributed by atoms with E-state index >= 15 is 0 Å². The summed E-state index contributed by atoms with van der Waals surface area (Å²) in [5, 5.41) is 12.0. The van der Waals surface area contributed by atoms with Gasteiger partial charge in [-0.2, -0.15) is 0 Å². The monoisotopic (exact) mass is 319 g/mol. The predicted molar refractivity (Wildman–Crippen MR) is 86.9 cm³/mol. The number of benzene rings is 1. The number of carboxylic acid groups (broad SMARTS) is 1. The number of hydrogen-bond acceptors (Lipinski definition) is 3. The van der Waals surface area contributed by atoms with E-state index in [0.29, 0.717) is 11.8 Å². The molecule has 0 spiro atoms. The molecule has 126 valence electrons. The summed E-state index contributed by atoms with van der Waals surface area (Å²) < 4.78 is 5.14. The number of rotatable bonds is 5. The van der Waals surface area contributed by atoms with Gasteiger partial charge in [0.15, 0.2) is 0 Å². The van der Waals surface area contributed by atoms with Crippen LogP contribution in [0.25, 0.3) is 0 Å². The lowest BCUT2D eigenvalue weighted by Gasteiger charge is -2.34. The van der Waals surface area contributed by atoms with Crippen LogP contribution in [-0.4, -0.2) is 23.2 Å². The maximum absolute atomic E-state index is 11.9. The van der Waals surface area contributed by atoms with Crippen LogP contribution in [0.4, 0.5) is 4.79 Å². The first-order valence-electron chi connectivity index (χ1n) is 8.15. The SMILES string of the molecule is CC1CC(C)CC(C(NC(=O)OCc2ccccc2)C(=O)O)C1. The topological polar surface area (TPSA) is 75.6 Å². The first kappa shape index (κ1) is 17.3. The third kappa shape index (κ3) is 5.27. The number of carboxylic acids is 1. The molecule has 1 aromatic carbocycles. The maximum Gasteiger partial charge on any atom is 0.408 e. The van der Waals surface area contributed by atoms with Gasteiger partial charge in [0.2, 0.25) is 0 Å². The highest BCUT2D eigenvalue weighted by molar-refractivity contribution is 5.80. The number of aliphatic carboxylic acids is 1. The zero-order valence-corrected chi connectivity index (χ0v) is 13.7. The molecule has 1 fully saturated rings. The Balaban J connectivity index is 1.91. The van der Waals surface area contributed by atoms with Crippen molar-refractivity contribution in [2.45, 2.75) is 45.8 Å². The molecular formula is C18H25NO4. The summed E-state index contributed by atoms with van der Waals surface area (Å²) in [5.74, 6) is -0.0797. The molecule has 0 saturated heterocycles. The number of carbonyl (C=O) groups is 2. The molecule has 1 aliphatic rings. The van der Waals surface area contributed by atoms with E-state index in [-0.39, 0.29) is 12.5 Å². The second-order valence-corrected chi connectivity index (χ2v) is 6.70. The molecule has 2 rings (SSSR count). The molecule has 1 saturated carbocycles. The van der Waals surface area contributed by atoms with Crippen LogP contribution >= 0.6 is 0 Å². The van der Waals surface area contributed by atoms with E-state index in [1.165, 1.54) is 0 Å². The zero-order valence-electron chi connectivity index (χ0n) is 13.7. The number of alkyl carbamates (subject to hydrolysis) is 1. The number of amides is 1. The average Bonchev–Trinajstić information content (AvgIpc) is 2.50. The predicted octanol–water partition coefficient (Wildman–Crippen LogP) is 3.44. The molecule has 23 heavy (non-hydrogen) atoms. The molecule has 2 N–H and O–H groups in total. The summed E-state index contributed by atoms with van der Waals surface area (Å²) in [6.07, 6.45) is 2.08. The van der Waals surface area contributed by atoms with Gasteiger partial charge >= 0.3 is 12.1 Å². The fourth-order valence-electron chi connectivity index (χ4n) is 3.55. The maximum atomic E-state index is 11.9. The smallest absolute Gasteiger partial charge is 0.408 e. The second kappa shape index (κ2) is 7.99. The van der Waals surface area contributed by atoms with Crippen molar-refractivity contribution in [2.75, 3.05) is 0 Å². The van der Waals surface area contributed by atoms with Crippen molar-refractivity contribution in [1.82, 2.24) is 5.32 Å². The average molecular weight is 319 g/mol. The Hall–Kier alpha value is -2.04. The highest BCUT2D eigenvalue weighted by Crippen LogP contribution is 2.34. The van der Waals surface area contributed by atoms with E-state index in [0.717, 1.165) is 24.8 Å². The van der Waals surface area contributed by atoms with Crippen molar-refractivity contribution in [3.63, 3.8) is 0 Å². The summed E-state index contributed by atoms with van der Waals surface area (Å²) in [7, 11) is 0. The van der Waals surface area contributed by atoms with Gasteiger partial charge in [0.05, 0.1) is 0 Å². The van der Waals surface area contributed by atoms with E-state index < -0.39 is 18.1 Å². The molecule has 0 radical (unpaired) electrons. The first-order chi connectivity index (χ1) is 11.0. The molecule has 5 nitrogen and oxygen atoms in total. The molecule has 0 bridgehead atoms. The molecule has 3 unspecified atom stereocenters. The summed E-state index contributed by atoms with van der Waals surface area (Å²) in [4.78, 5) is 23.5. The zero-order chi connectivity index (χ0) is 16.8. The normalized spacial score (nSPS) is 25.4. The molecule has 3 atom stereocenters. The molecule has 5 heteroatoms. The third-order valence-electron chi connectivity index (χ3n) is 4.44. The minimum Gasteiger partial charge on any atom is -0.480 e. The van der Waals surface area contributed by atoms with Crippen LogP contribution in [-0.2, 0) is 16.1 Å². The number of ether oxygens (including phenoxy) is 1. The van der Waals surface area contributed by atoms with Crippen molar-refractivity contribution < 1.29 is 19.4 Å². The van der Waals surface area contributed by atoms with Gasteiger partial charge < -0.3 is 15.2 Å². The van der Waals surface area contributed by atoms with Crippen LogP contribution in [0.2, 0.25) is 0 Å². The van der Waals surface area contributed by atoms with Crippen molar-refractivity contribution in [3.05, 3.63) is 35.9 Å². The largest absolute Gasteiger partial charge is 0.480 e. The van der Waals surface area contributed by atoms with Gasteiger partial charge in [-0.3, -0.25) is 0 Å². The van der Waals surface area contributed by atoms with Gasteiger partial charge in [-0.1, -0.05) is 44.2 Å². The van der Waals surface area contributed by atoms with E-state index in [9.17, 15) is 14.7 Å². The van der Waals surface area contributed by atoms with E-state index in [1.807, 2.05) is 30.3 Å². The van der Waals surface area contributed by atoms with Crippen LogP contribution in [0.3, 0.4) is 0 Å². The third-order valence-corrected chi connectivity index (χ3v) is 4.44. The summed E-state index contributed by atoms with van der Waals surface area (Å²) in [6.45, 7) is 4.40. The van der Waals surface area contributed by atoms with Gasteiger partial charge in [0, 0.05) is 0 Å². The Morgan fingerprint density at radius 3 is 2.35 bits per heavy atom. The minimum absolute atomic E-state index is 0.0458. The van der Waals surface area contributed by atoms with Crippen LogP contribution in [0.5, 0.6) is 0 Å². The summed E-state index contributed by atoms with van der Waals surface area (Å²) in [5.41, 5.74) is 0.870. The lowest BCUT2D eigenvalue weighted by atomic mass is 9.74. The van der Waals surface area contributed by atoms with Gasteiger partial charge in [-0.25, -0.2) is 9.59 Å². The summed E-state index contributed by atoms with van der Waals surface area (Å²) >= 11 is 0. The lowest BCUT2D eigenvalue weighted by Crippen LogP contribution is -2.48. The number of nitrogens with one attached hydrogen (secondary N) is 1. The van der Waals surface area contributed by atoms with Crippen molar-refractivity contribution in [1.29, 1.82) is 0 Å². The number of hydrogen-bond donors (Lipinski definition) is 2.